The van der Waals surface area contributed by atoms with Gasteiger partial charge in [-0.05, 0) is 12.8 Å². The van der Waals surface area contributed by atoms with Crippen LogP contribution in [0.15, 0.2) is 0 Å². The van der Waals surface area contributed by atoms with Gasteiger partial charge >= 0.3 is 0 Å². The Morgan fingerprint density at radius 3 is 1.67 bits per heavy atom. The number of fused-ring (bicyclic) bond motifs is 1. The Labute approximate surface area is 57.3 Å². The third-order valence-corrected chi connectivity index (χ3v) is 3.03. The molecule has 1 nitrogen and oxygen atoms in total. The van der Waals surface area contributed by atoms with Crippen LogP contribution in [0, 0.1) is 11.8 Å². The quantitative estimate of drug-likeness (QED) is 0.426. The van der Waals surface area contributed by atoms with E-state index in [9.17, 15) is 0 Å². The predicted octanol–water partition coefficient (Wildman–Crippen LogP) is 1.10. The summed E-state index contributed by atoms with van der Waals surface area (Å²) in [5, 5.41) is 0. The van der Waals surface area contributed by atoms with E-state index < -0.39 is 0 Å². The van der Waals surface area contributed by atoms with E-state index in [-0.39, 0.29) is 0 Å². The molecule has 2 unspecified atom stereocenters. The highest BCUT2D eigenvalue weighted by atomic mass is 15.3. The summed E-state index contributed by atoms with van der Waals surface area (Å²) in [5.74, 6) is 2.22. The molecular formula is C8H16N+. The first-order chi connectivity index (χ1) is 4.17. The number of hydrogen-bond donors (Lipinski definition) is 0. The Bertz CT molecular complexity index is 115. The zero-order valence-electron chi connectivity index (χ0n) is 6.43. The molecule has 1 aliphatic heterocycles. The van der Waals surface area contributed by atoms with Crippen LogP contribution in [0.3, 0.4) is 0 Å². The highest BCUT2D eigenvalue weighted by Crippen LogP contribution is 2.42. The number of nitrogens with zero attached hydrogens (tertiary/aromatic N) is 1. The molecule has 1 aliphatic carbocycles. The summed E-state index contributed by atoms with van der Waals surface area (Å²) in [6, 6.07) is 0. The van der Waals surface area contributed by atoms with E-state index in [1.807, 2.05) is 0 Å². The van der Waals surface area contributed by atoms with Gasteiger partial charge in [0.1, 0.15) is 0 Å². The minimum atomic E-state index is 1.11. The highest BCUT2D eigenvalue weighted by Gasteiger charge is 2.45. The zero-order valence-corrected chi connectivity index (χ0v) is 6.43. The molecule has 2 aliphatic rings. The van der Waals surface area contributed by atoms with Crippen molar-refractivity contribution in [3.8, 4) is 0 Å². The van der Waals surface area contributed by atoms with Crippen molar-refractivity contribution in [2.45, 2.75) is 12.8 Å². The molecule has 9 heavy (non-hydrogen) atoms. The third kappa shape index (κ3) is 0.787. The first kappa shape index (κ1) is 5.72. The van der Waals surface area contributed by atoms with E-state index in [1.165, 1.54) is 30.4 Å². The highest BCUT2D eigenvalue weighted by molar-refractivity contribution is 4.84. The lowest BCUT2D eigenvalue weighted by atomic mass is 9.77. The summed E-state index contributed by atoms with van der Waals surface area (Å²) >= 11 is 0. The second kappa shape index (κ2) is 1.51. The van der Waals surface area contributed by atoms with Crippen molar-refractivity contribution in [2.24, 2.45) is 11.8 Å². The third-order valence-electron chi connectivity index (χ3n) is 3.03. The van der Waals surface area contributed by atoms with Gasteiger partial charge < -0.3 is 4.48 Å². The van der Waals surface area contributed by atoms with Crippen LogP contribution in [0.4, 0.5) is 0 Å². The Kier molecular flexibility index (Phi) is 0.963. The van der Waals surface area contributed by atoms with Gasteiger partial charge in [-0.3, -0.25) is 0 Å². The van der Waals surface area contributed by atoms with Gasteiger partial charge in [0.2, 0.25) is 0 Å². The van der Waals surface area contributed by atoms with Gasteiger partial charge in [-0.25, -0.2) is 0 Å². The van der Waals surface area contributed by atoms with E-state index in [1.54, 1.807) is 0 Å². The summed E-state index contributed by atoms with van der Waals surface area (Å²) in [6.45, 7) is 2.90. The van der Waals surface area contributed by atoms with Crippen LogP contribution in [0.5, 0.6) is 0 Å². The number of rotatable bonds is 0. The largest absolute Gasteiger partial charge is 0.328 e. The fourth-order valence-electron chi connectivity index (χ4n) is 2.46. The SMILES string of the molecule is C[N+]1(C)CC2CCC2C1. The van der Waals surface area contributed by atoms with E-state index in [2.05, 4.69) is 14.1 Å². The van der Waals surface area contributed by atoms with Crippen molar-refractivity contribution in [1.82, 2.24) is 0 Å². The summed E-state index contributed by atoms with van der Waals surface area (Å²) in [6.07, 6.45) is 3.04. The molecule has 0 aromatic heterocycles. The molecule has 0 aromatic carbocycles. The fraction of sp³-hybridized carbons (Fsp3) is 1.00. The molecule has 1 heteroatoms. The maximum Gasteiger partial charge on any atom is 0.0816 e. The molecule has 52 valence electrons. The summed E-state index contributed by atoms with van der Waals surface area (Å²) < 4.78 is 1.29. The predicted molar refractivity (Wildman–Crippen MR) is 38.1 cm³/mol. The van der Waals surface area contributed by atoms with Crippen molar-refractivity contribution >= 4 is 0 Å². The topological polar surface area (TPSA) is 0 Å². The average molecular weight is 126 g/mol. The molecule has 1 saturated heterocycles. The fourth-order valence-corrected chi connectivity index (χ4v) is 2.46. The lowest BCUT2D eigenvalue weighted by Crippen LogP contribution is -2.36. The van der Waals surface area contributed by atoms with E-state index >= 15 is 0 Å². The van der Waals surface area contributed by atoms with Crippen LogP contribution in [0.2, 0.25) is 0 Å². The van der Waals surface area contributed by atoms with Gasteiger partial charge in [-0.1, -0.05) is 0 Å². The molecule has 2 fully saturated rings. The standard InChI is InChI=1S/C8H16N/c1-9(2)5-7-3-4-8(7)6-9/h7-8H,3-6H2,1-2H3/q+1. The zero-order chi connectivity index (χ0) is 6.48. The van der Waals surface area contributed by atoms with Crippen LogP contribution in [0.25, 0.3) is 0 Å². The minimum absolute atomic E-state index is 1.11. The van der Waals surface area contributed by atoms with Crippen molar-refractivity contribution in [1.29, 1.82) is 0 Å². The summed E-state index contributed by atoms with van der Waals surface area (Å²) in [7, 11) is 4.72. The Morgan fingerprint density at radius 1 is 1.00 bits per heavy atom. The molecule has 0 N–H and O–H groups in total. The molecule has 2 rings (SSSR count). The molecule has 0 spiro atoms. The Balaban J connectivity index is 2.07. The van der Waals surface area contributed by atoms with Gasteiger partial charge in [0.25, 0.3) is 0 Å². The van der Waals surface area contributed by atoms with Gasteiger partial charge in [-0.15, -0.1) is 0 Å². The van der Waals surface area contributed by atoms with Crippen LogP contribution >= 0.6 is 0 Å². The second-order valence-electron chi connectivity index (χ2n) is 4.40. The average Bonchev–Trinajstić information content (AvgIpc) is 1.90. The summed E-state index contributed by atoms with van der Waals surface area (Å²) in [5.41, 5.74) is 0. The van der Waals surface area contributed by atoms with Crippen molar-refractivity contribution in [3.63, 3.8) is 0 Å². The summed E-state index contributed by atoms with van der Waals surface area (Å²) in [4.78, 5) is 0. The van der Waals surface area contributed by atoms with Gasteiger partial charge in [0.15, 0.2) is 0 Å². The molecule has 2 atom stereocenters. The van der Waals surface area contributed by atoms with Crippen LogP contribution in [0.1, 0.15) is 12.8 Å². The first-order valence-corrected chi connectivity index (χ1v) is 3.99. The molecule has 1 saturated carbocycles. The van der Waals surface area contributed by atoms with E-state index in [4.69, 9.17) is 0 Å². The van der Waals surface area contributed by atoms with Crippen molar-refractivity contribution in [2.75, 3.05) is 27.2 Å². The molecule has 1 heterocycles. The Hall–Kier alpha value is -0.0400. The van der Waals surface area contributed by atoms with Crippen LogP contribution < -0.4 is 0 Å². The molecule has 0 radical (unpaired) electrons. The maximum absolute atomic E-state index is 2.36. The minimum Gasteiger partial charge on any atom is -0.328 e. The second-order valence-corrected chi connectivity index (χ2v) is 4.40. The molecule has 0 aromatic rings. The molecule has 0 amide bonds. The lowest BCUT2D eigenvalue weighted by molar-refractivity contribution is -0.880. The first-order valence-electron chi connectivity index (χ1n) is 3.99. The molecule has 0 bridgehead atoms. The monoisotopic (exact) mass is 126 g/mol. The van der Waals surface area contributed by atoms with E-state index in [0.29, 0.717) is 0 Å². The van der Waals surface area contributed by atoms with Gasteiger partial charge in [-0.2, -0.15) is 0 Å². The number of hydrogen-bond acceptors (Lipinski definition) is 0. The molecular weight excluding hydrogens is 110 g/mol. The lowest BCUT2D eigenvalue weighted by Gasteiger charge is -2.24. The van der Waals surface area contributed by atoms with Crippen LogP contribution in [-0.4, -0.2) is 31.7 Å². The van der Waals surface area contributed by atoms with Gasteiger partial charge in [0.05, 0.1) is 27.2 Å². The normalized spacial score (nSPS) is 46.0. The smallest absolute Gasteiger partial charge is 0.0816 e. The van der Waals surface area contributed by atoms with Crippen molar-refractivity contribution in [3.05, 3.63) is 0 Å². The van der Waals surface area contributed by atoms with E-state index in [0.717, 1.165) is 11.8 Å². The van der Waals surface area contributed by atoms with Crippen molar-refractivity contribution < 1.29 is 4.48 Å². The van der Waals surface area contributed by atoms with Crippen LogP contribution in [-0.2, 0) is 0 Å². The number of quaternary nitrogens is 1. The Morgan fingerprint density at radius 2 is 1.44 bits per heavy atom. The maximum atomic E-state index is 2.36. The number of likely N-dealkylation sites (tertiary alicyclic amines) is 1. The van der Waals surface area contributed by atoms with Gasteiger partial charge in [0, 0.05) is 11.8 Å².